The molecule has 1 aromatic carbocycles. The third-order valence-electron chi connectivity index (χ3n) is 6.92. The van der Waals surface area contributed by atoms with Crippen LogP contribution in [0.1, 0.15) is 62.2 Å². The van der Waals surface area contributed by atoms with E-state index in [4.69, 9.17) is 24.7 Å². The first kappa shape index (κ1) is 23.8. The number of hydrogen-bond acceptors (Lipinski definition) is 7. The molecule has 3 aromatic heterocycles. The number of aryl methyl sites for hydroxylation is 2. The predicted molar refractivity (Wildman–Crippen MR) is 135 cm³/mol. The van der Waals surface area contributed by atoms with Gasteiger partial charge in [0.1, 0.15) is 28.9 Å². The highest BCUT2D eigenvalue weighted by atomic mass is 19.1. The van der Waals surface area contributed by atoms with Crippen LogP contribution in [0.2, 0.25) is 0 Å². The predicted octanol–water partition coefficient (Wildman–Crippen LogP) is 5.12. The molecule has 0 unspecified atom stereocenters. The van der Waals surface area contributed by atoms with Crippen molar-refractivity contribution >= 4 is 17.1 Å². The summed E-state index contributed by atoms with van der Waals surface area (Å²) in [7, 11) is 0. The van der Waals surface area contributed by atoms with Crippen molar-refractivity contribution in [2.24, 2.45) is 0 Å². The third kappa shape index (κ3) is 4.66. The number of anilines is 1. The summed E-state index contributed by atoms with van der Waals surface area (Å²) in [6, 6.07) is 3.98. The minimum atomic E-state index is -0.703. The molecule has 1 saturated heterocycles. The van der Waals surface area contributed by atoms with Gasteiger partial charge in [0.2, 0.25) is 5.95 Å². The standard InChI is InChI=1S/C27H29F2N7O/c1-4-5-22-16(3)31-26-25(32-22)24(20-9-6-18(28)10-21(20)29)33-27(34-26)35-12-15(2)37-23(14-35)17-11-30-36(13-17)19-7-8-19/h6,9-11,13,15,19,23H,4-5,7-8,12,14H2,1-3H3/t15-,23+/m0/s1. The molecule has 2 atom stereocenters. The van der Waals surface area contributed by atoms with Crippen molar-refractivity contribution in [1.82, 2.24) is 29.7 Å². The van der Waals surface area contributed by atoms with Gasteiger partial charge in [-0.05, 0) is 45.2 Å². The molecule has 2 fully saturated rings. The Bertz CT molecular complexity index is 1470. The number of halogens is 2. The average molecular weight is 506 g/mol. The summed E-state index contributed by atoms with van der Waals surface area (Å²) in [5, 5.41) is 4.52. The monoisotopic (exact) mass is 505 g/mol. The largest absolute Gasteiger partial charge is 0.367 e. The molecule has 0 bridgehead atoms. The first-order valence-electron chi connectivity index (χ1n) is 12.8. The quantitative estimate of drug-likeness (QED) is 0.360. The Morgan fingerprint density at radius 3 is 2.68 bits per heavy atom. The van der Waals surface area contributed by atoms with Crippen molar-refractivity contribution in [3.8, 4) is 11.3 Å². The van der Waals surface area contributed by atoms with E-state index in [0.29, 0.717) is 41.9 Å². The van der Waals surface area contributed by atoms with Crippen LogP contribution in [0.5, 0.6) is 0 Å². The minimum Gasteiger partial charge on any atom is -0.367 e. The highest BCUT2D eigenvalue weighted by Crippen LogP contribution is 2.36. The zero-order valence-corrected chi connectivity index (χ0v) is 21.2. The Kier molecular flexibility index (Phi) is 6.06. The molecule has 1 saturated carbocycles. The fraction of sp³-hybridized carbons (Fsp3) is 0.444. The van der Waals surface area contributed by atoms with E-state index in [0.717, 1.165) is 48.7 Å². The summed E-state index contributed by atoms with van der Waals surface area (Å²) >= 11 is 0. The number of aromatic nitrogens is 6. The van der Waals surface area contributed by atoms with Gasteiger partial charge in [-0.3, -0.25) is 4.68 Å². The molecular weight excluding hydrogens is 476 g/mol. The SMILES string of the molecule is CCCc1nc2c(-c3ccc(F)cc3F)nc(N3C[C@H](C)O[C@@H](c4cnn(C5CC5)c4)C3)nc2nc1C. The lowest BCUT2D eigenvalue weighted by atomic mass is 10.1. The Hall–Kier alpha value is -3.53. The maximum absolute atomic E-state index is 15.0. The van der Waals surface area contributed by atoms with E-state index in [1.807, 2.05) is 29.6 Å². The number of fused-ring (bicyclic) bond motifs is 1. The van der Waals surface area contributed by atoms with E-state index in [1.54, 1.807) is 0 Å². The van der Waals surface area contributed by atoms with Crippen molar-refractivity contribution in [3.63, 3.8) is 0 Å². The Morgan fingerprint density at radius 2 is 1.92 bits per heavy atom. The Balaban J connectivity index is 1.44. The smallest absolute Gasteiger partial charge is 0.228 e. The number of morpholine rings is 1. The molecule has 4 aromatic rings. The zero-order valence-electron chi connectivity index (χ0n) is 21.2. The summed E-state index contributed by atoms with van der Waals surface area (Å²) in [5.41, 5.74) is 3.88. The van der Waals surface area contributed by atoms with Crippen LogP contribution in [0.3, 0.4) is 0 Å². The number of ether oxygens (including phenoxy) is 1. The fourth-order valence-electron chi connectivity index (χ4n) is 4.89. The Labute approximate surface area is 213 Å². The van der Waals surface area contributed by atoms with Gasteiger partial charge in [0, 0.05) is 29.9 Å². The van der Waals surface area contributed by atoms with Crippen LogP contribution in [-0.4, -0.2) is 48.9 Å². The van der Waals surface area contributed by atoms with E-state index >= 15 is 0 Å². The van der Waals surface area contributed by atoms with E-state index in [-0.39, 0.29) is 17.8 Å². The van der Waals surface area contributed by atoms with E-state index < -0.39 is 11.6 Å². The van der Waals surface area contributed by atoms with Gasteiger partial charge in [-0.25, -0.2) is 23.7 Å². The maximum atomic E-state index is 15.0. The van der Waals surface area contributed by atoms with Crippen LogP contribution in [0.15, 0.2) is 30.6 Å². The molecule has 2 aliphatic rings. The lowest BCUT2D eigenvalue weighted by Crippen LogP contribution is -2.43. The van der Waals surface area contributed by atoms with Gasteiger partial charge >= 0.3 is 0 Å². The van der Waals surface area contributed by atoms with Crippen LogP contribution < -0.4 is 4.90 Å². The molecule has 1 aliphatic heterocycles. The lowest BCUT2D eigenvalue weighted by Gasteiger charge is -2.36. The molecule has 0 N–H and O–H groups in total. The van der Waals surface area contributed by atoms with E-state index in [9.17, 15) is 8.78 Å². The van der Waals surface area contributed by atoms with Crippen molar-refractivity contribution in [1.29, 1.82) is 0 Å². The van der Waals surface area contributed by atoms with Gasteiger partial charge in [0.05, 0.1) is 36.3 Å². The highest BCUT2D eigenvalue weighted by molar-refractivity contribution is 5.88. The van der Waals surface area contributed by atoms with Crippen molar-refractivity contribution in [3.05, 3.63) is 59.2 Å². The first-order chi connectivity index (χ1) is 17.9. The van der Waals surface area contributed by atoms with E-state index in [2.05, 4.69) is 18.2 Å². The molecule has 10 heteroatoms. The molecule has 0 radical (unpaired) electrons. The fourth-order valence-corrected chi connectivity index (χ4v) is 4.89. The van der Waals surface area contributed by atoms with Gasteiger partial charge in [0.25, 0.3) is 0 Å². The third-order valence-corrected chi connectivity index (χ3v) is 6.92. The summed E-state index contributed by atoms with van der Waals surface area (Å²) in [6.45, 7) is 7.05. The topological polar surface area (TPSA) is 81.9 Å². The second-order valence-electron chi connectivity index (χ2n) is 10.00. The van der Waals surface area contributed by atoms with Gasteiger partial charge in [-0.15, -0.1) is 0 Å². The number of nitrogens with zero attached hydrogens (tertiary/aromatic N) is 7. The maximum Gasteiger partial charge on any atom is 0.228 e. The normalized spacial score (nSPS) is 20.1. The molecule has 1 aliphatic carbocycles. The Morgan fingerprint density at radius 1 is 1.08 bits per heavy atom. The molecule has 0 spiro atoms. The number of rotatable bonds is 6. The molecule has 8 nitrogen and oxygen atoms in total. The second-order valence-corrected chi connectivity index (χ2v) is 10.00. The molecule has 6 rings (SSSR count). The van der Waals surface area contributed by atoms with Crippen molar-refractivity contribution in [2.45, 2.75) is 64.7 Å². The minimum absolute atomic E-state index is 0.0897. The second kappa shape index (κ2) is 9.41. The van der Waals surface area contributed by atoms with Crippen molar-refractivity contribution < 1.29 is 13.5 Å². The average Bonchev–Trinajstić information content (AvgIpc) is 3.60. The van der Waals surface area contributed by atoms with Crippen LogP contribution in [-0.2, 0) is 11.2 Å². The van der Waals surface area contributed by atoms with Crippen LogP contribution in [0.4, 0.5) is 14.7 Å². The molecule has 4 heterocycles. The van der Waals surface area contributed by atoms with Crippen molar-refractivity contribution in [2.75, 3.05) is 18.0 Å². The van der Waals surface area contributed by atoms with Gasteiger partial charge < -0.3 is 9.64 Å². The molecule has 37 heavy (non-hydrogen) atoms. The summed E-state index contributed by atoms with van der Waals surface area (Å²) in [5.74, 6) is -0.936. The van der Waals surface area contributed by atoms with Gasteiger partial charge in [0.15, 0.2) is 5.65 Å². The van der Waals surface area contributed by atoms with E-state index in [1.165, 1.54) is 12.1 Å². The highest BCUT2D eigenvalue weighted by Gasteiger charge is 2.32. The number of benzene rings is 1. The first-order valence-corrected chi connectivity index (χ1v) is 12.8. The lowest BCUT2D eigenvalue weighted by molar-refractivity contribution is -0.0178. The molecule has 192 valence electrons. The van der Waals surface area contributed by atoms with Crippen LogP contribution in [0.25, 0.3) is 22.4 Å². The molecular formula is C27H29F2N7O. The summed E-state index contributed by atoms with van der Waals surface area (Å²) < 4.78 is 37.0. The molecule has 0 amide bonds. The van der Waals surface area contributed by atoms with Crippen LogP contribution in [0, 0.1) is 18.6 Å². The number of hydrogen-bond donors (Lipinski definition) is 0. The van der Waals surface area contributed by atoms with Gasteiger partial charge in [-0.1, -0.05) is 13.3 Å². The van der Waals surface area contributed by atoms with Crippen LogP contribution >= 0.6 is 0 Å². The summed E-state index contributed by atoms with van der Waals surface area (Å²) in [4.78, 5) is 21.1. The zero-order chi connectivity index (χ0) is 25.7. The van der Waals surface area contributed by atoms with Gasteiger partial charge in [-0.2, -0.15) is 10.1 Å². The summed E-state index contributed by atoms with van der Waals surface area (Å²) in [6.07, 6.45) is 7.57.